The standard InChI is InChI=1S/C16H22N2O2/c19-10-13-6-3-7-14(13)18-16(20)15-8-11-4-1-2-5-12(11)9-17-15/h1-2,4-5,13-15,17,19H,3,6-10H2,(H,18,20). The van der Waals surface area contributed by atoms with Crippen molar-refractivity contribution in [1.82, 2.24) is 10.6 Å². The van der Waals surface area contributed by atoms with Crippen molar-refractivity contribution in [2.45, 2.75) is 44.3 Å². The molecule has 3 unspecified atom stereocenters. The maximum atomic E-state index is 12.4. The molecule has 20 heavy (non-hydrogen) atoms. The van der Waals surface area contributed by atoms with E-state index in [1.807, 2.05) is 12.1 Å². The number of aliphatic hydroxyl groups excluding tert-OH is 1. The quantitative estimate of drug-likeness (QED) is 0.770. The maximum Gasteiger partial charge on any atom is 0.237 e. The molecule has 1 amide bonds. The highest BCUT2D eigenvalue weighted by atomic mass is 16.3. The largest absolute Gasteiger partial charge is 0.396 e. The highest BCUT2D eigenvalue weighted by Crippen LogP contribution is 2.25. The van der Waals surface area contributed by atoms with Crippen LogP contribution >= 0.6 is 0 Å². The summed E-state index contributed by atoms with van der Waals surface area (Å²) in [5.41, 5.74) is 2.54. The number of aliphatic hydroxyl groups is 1. The highest BCUT2D eigenvalue weighted by molar-refractivity contribution is 5.82. The Bertz CT molecular complexity index is 489. The Hall–Kier alpha value is -1.39. The van der Waals surface area contributed by atoms with Gasteiger partial charge in [-0.05, 0) is 30.4 Å². The molecule has 1 heterocycles. The van der Waals surface area contributed by atoms with E-state index in [0.717, 1.165) is 32.2 Å². The van der Waals surface area contributed by atoms with Crippen molar-refractivity contribution in [2.24, 2.45) is 5.92 Å². The molecule has 0 saturated heterocycles. The topological polar surface area (TPSA) is 61.4 Å². The van der Waals surface area contributed by atoms with Gasteiger partial charge < -0.3 is 15.7 Å². The summed E-state index contributed by atoms with van der Waals surface area (Å²) in [6, 6.07) is 8.26. The first-order valence-electron chi connectivity index (χ1n) is 7.49. The highest BCUT2D eigenvalue weighted by Gasteiger charge is 2.31. The summed E-state index contributed by atoms with van der Waals surface area (Å²) in [6.45, 7) is 0.925. The summed E-state index contributed by atoms with van der Waals surface area (Å²) in [5, 5.41) is 15.7. The van der Waals surface area contributed by atoms with Crippen LogP contribution in [0.25, 0.3) is 0 Å². The molecule has 1 aromatic rings. The monoisotopic (exact) mass is 274 g/mol. The molecule has 0 spiro atoms. The van der Waals surface area contributed by atoms with Crippen molar-refractivity contribution >= 4 is 5.91 Å². The number of hydrogen-bond donors (Lipinski definition) is 3. The van der Waals surface area contributed by atoms with Crippen LogP contribution in [0.4, 0.5) is 0 Å². The van der Waals surface area contributed by atoms with Gasteiger partial charge in [0.2, 0.25) is 5.91 Å². The van der Waals surface area contributed by atoms with E-state index >= 15 is 0 Å². The second kappa shape index (κ2) is 5.94. The summed E-state index contributed by atoms with van der Waals surface area (Å²) in [6.07, 6.45) is 3.85. The van der Waals surface area contributed by atoms with Crippen LogP contribution in [0.2, 0.25) is 0 Å². The number of amides is 1. The zero-order valence-electron chi connectivity index (χ0n) is 11.6. The lowest BCUT2D eigenvalue weighted by Gasteiger charge is -2.28. The predicted molar refractivity (Wildman–Crippen MR) is 77.1 cm³/mol. The van der Waals surface area contributed by atoms with Gasteiger partial charge in [0.15, 0.2) is 0 Å². The first kappa shape index (κ1) is 13.6. The summed E-state index contributed by atoms with van der Waals surface area (Å²) < 4.78 is 0. The number of fused-ring (bicyclic) bond motifs is 1. The van der Waals surface area contributed by atoms with Crippen molar-refractivity contribution < 1.29 is 9.90 Å². The number of rotatable bonds is 3. The Kier molecular flexibility index (Phi) is 4.03. The van der Waals surface area contributed by atoms with E-state index in [0.29, 0.717) is 0 Å². The molecule has 1 aliphatic heterocycles. The SMILES string of the molecule is O=C(NC1CCCC1CO)C1Cc2ccccc2CN1. The van der Waals surface area contributed by atoms with Crippen LogP contribution in [0, 0.1) is 5.92 Å². The second-order valence-corrected chi connectivity index (χ2v) is 5.89. The fourth-order valence-electron chi connectivity index (χ4n) is 3.37. The Labute approximate surface area is 119 Å². The fourth-order valence-corrected chi connectivity index (χ4v) is 3.37. The van der Waals surface area contributed by atoms with Crippen molar-refractivity contribution in [2.75, 3.05) is 6.61 Å². The van der Waals surface area contributed by atoms with E-state index in [1.165, 1.54) is 11.1 Å². The normalized spacial score (nSPS) is 28.9. The summed E-state index contributed by atoms with van der Waals surface area (Å²) in [4.78, 5) is 12.4. The average molecular weight is 274 g/mol. The van der Waals surface area contributed by atoms with E-state index in [9.17, 15) is 9.90 Å². The molecule has 0 bridgehead atoms. The predicted octanol–water partition coefficient (Wildman–Crippen LogP) is 0.978. The minimum Gasteiger partial charge on any atom is -0.396 e. The number of benzene rings is 1. The van der Waals surface area contributed by atoms with Crippen molar-refractivity contribution in [3.05, 3.63) is 35.4 Å². The van der Waals surface area contributed by atoms with Crippen LogP contribution in [0.5, 0.6) is 0 Å². The maximum absolute atomic E-state index is 12.4. The zero-order chi connectivity index (χ0) is 13.9. The summed E-state index contributed by atoms with van der Waals surface area (Å²) in [5.74, 6) is 0.305. The third-order valence-corrected chi connectivity index (χ3v) is 4.62. The van der Waals surface area contributed by atoms with Crippen molar-refractivity contribution in [3.63, 3.8) is 0 Å². The molecule has 0 radical (unpaired) electrons. The van der Waals surface area contributed by atoms with Gasteiger partial charge in [0, 0.05) is 25.1 Å². The number of carbonyl (C=O) groups is 1. The van der Waals surface area contributed by atoms with Gasteiger partial charge in [-0.2, -0.15) is 0 Å². The first-order valence-corrected chi connectivity index (χ1v) is 7.49. The fraction of sp³-hybridized carbons (Fsp3) is 0.562. The van der Waals surface area contributed by atoms with Crippen LogP contribution in [-0.2, 0) is 17.8 Å². The first-order chi connectivity index (χ1) is 9.78. The van der Waals surface area contributed by atoms with Crippen molar-refractivity contribution in [1.29, 1.82) is 0 Å². The molecule has 1 saturated carbocycles. The number of carbonyl (C=O) groups excluding carboxylic acids is 1. The van der Waals surface area contributed by atoms with E-state index in [-0.39, 0.29) is 30.5 Å². The van der Waals surface area contributed by atoms with Gasteiger partial charge >= 0.3 is 0 Å². The summed E-state index contributed by atoms with van der Waals surface area (Å²) in [7, 11) is 0. The smallest absolute Gasteiger partial charge is 0.237 e. The van der Waals surface area contributed by atoms with Gasteiger partial charge in [0.25, 0.3) is 0 Å². The Balaban J connectivity index is 1.61. The van der Waals surface area contributed by atoms with Gasteiger partial charge in [0.05, 0.1) is 6.04 Å². The Morgan fingerprint density at radius 2 is 2.10 bits per heavy atom. The lowest BCUT2D eigenvalue weighted by molar-refractivity contribution is -0.124. The molecule has 1 aromatic carbocycles. The van der Waals surface area contributed by atoms with Gasteiger partial charge in [0.1, 0.15) is 0 Å². The van der Waals surface area contributed by atoms with Crippen LogP contribution in [0.15, 0.2) is 24.3 Å². The van der Waals surface area contributed by atoms with E-state index < -0.39 is 0 Å². The molecular weight excluding hydrogens is 252 g/mol. The minimum absolute atomic E-state index is 0.0739. The Morgan fingerprint density at radius 3 is 2.90 bits per heavy atom. The van der Waals surface area contributed by atoms with Crippen LogP contribution in [0.1, 0.15) is 30.4 Å². The van der Waals surface area contributed by atoms with E-state index in [1.54, 1.807) is 0 Å². The molecule has 1 aliphatic carbocycles. The lowest BCUT2D eigenvalue weighted by Crippen LogP contribution is -2.51. The lowest BCUT2D eigenvalue weighted by atomic mass is 9.95. The Morgan fingerprint density at radius 1 is 1.30 bits per heavy atom. The average Bonchev–Trinajstić information content (AvgIpc) is 2.94. The molecular formula is C16H22N2O2. The molecule has 4 nitrogen and oxygen atoms in total. The molecule has 2 aliphatic rings. The molecule has 4 heteroatoms. The van der Waals surface area contributed by atoms with E-state index in [4.69, 9.17) is 0 Å². The zero-order valence-corrected chi connectivity index (χ0v) is 11.6. The molecule has 0 aromatic heterocycles. The summed E-state index contributed by atoms with van der Waals surface area (Å²) >= 11 is 0. The van der Waals surface area contributed by atoms with Gasteiger partial charge in [-0.25, -0.2) is 0 Å². The minimum atomic E-state index is -0.148. The van der Waals surface area contributed by atoms with Crippen LogP contribution < -0.4 is 10.6 Å². The molecule has 3 atom stereocenters. The number of hydrogen-bond acceptors (Lipinski definition) is 3. The van der Waals surface area contributed by atoms with Gasteiger partial charge in [-0.15, -0.1) is 0 Å². The van der Waals surface area contributed by atoms with E-state index in [2.05, 4.69) is 22.8 Å². The van der Waals surface area contributed by atoms with Crippen molar-refractivity contribution in [3.8, 4) is 0 Å². The third-order valence-electron chi connectivity index (χ3n) is 4.62. The van der Waals surface area contributed by atoms with Gasteiger partial charge in [-0.3, -0.25) is 4.79 Å². The second-order valence-electron chi connectivity index (χ2n) is 5.89. The molecule has 3 rings (SSSR count). The molecule has 108 valence electrons. The van der Waals surface area contributed by atoms with Crippen LogP contribution in [0.3, 0.4) is 0 Å². The third kappa shape index (κ3) is 2.72. The molecule has 1 fully saturated rings. The number of nitrogens with one attached hydrogen (secondary N) is 2. The molecule has 3 N–H and O–H groups in total. The van der Waals surface area contributed by atoms with Crippen LogP contribution in [-0.4, -0.2) is 29.7 Å². The van der Waals surface area contributed by atoms with Gasteiger partial charge in [-0.1, -0.05) is 30.7 Å².